The summed E-state index contributed by atoms with van der Waals surface area (Å²) < 4.78 is 14.4. The molecule has 1 fully saturated rings. The topological polar surface area (TPSA) is 157 Å². The average Bonchev–Trinajstić information content (AvgIpc) is 3.34. The minimum absolute atomic E-state index is 0.152. The highest BCUT2D eigenvalue weighted by Crippen LogP contribution is 2.51. The molecule has 36 heavy (non-hydrogen) atoms. The largest absolute Gasteiger partial charge is 0.469 e. The van der Waals surface area contributed by atoms with Crippen molar-refractivity contribution in [2.75, 3.05) is 20.8 Å². The monoisotopic (exact) mass is 539 g/mol. The molecule has 14 heteroatoms. The molecule has 4 atom stereocenters. The number of hydrogen-bond donors (Lipinski definition) is 2. The standard InChI is InChI=1S/C22H25N3O9S2/c1-10(26)23-19-12(9-34-11(2)27)17(18(29)24-13(22(31)33-4)8-15(28)32-3)25-20(30)16(21(25)36-19)14-6-5-7-35-14/h5-7,13,16,19,21H,8-9H2,1-4H3,(H,23,26)(H,24,29)/t13?,16-,19?,21-/m1/s1. The number of carbonyl (C=O) groups excluding carboxylic acids is 6. The highest BCUT2D eigenvalue weighted by Gasteiger charge is 2.56. The van der Waals surface area contributed by atoms with Gasteiger partial charge >= 0.3 is 17.9 Å². The fraction of sp³-hybridized carbons (Fsp3) is 0.455. The number of carbonyl (C=O) groups is 6. The summed E-state index contributed by atoms with van der Waals surface area (Å²) in [6.07, 6.45) is -0.513. The molecule has 3 rings (SSSR count). The minimum atomic E-state index is -1.41. The molecule has 1 aromatic rings. The van der Waals surface area contributed by atoms with Crippen molar-refractivity contribution >= 4 is 58.7 Å². The molecule has 0 spiro atoms. The van der Waals surface area contributed by atoms with E-state index >= 15 is 0 Å². The molecule has 2 unspecified atom stereocenters. The lowest BCUT2D eigenvalue weighted by atomic mass is 9.93. The van der Waals surface area contributed by atoms with Gasteiger partial charge in [0, 0.05) is 24.3 Å². The normalized spacial score (nSPS) is 21.5. The number of esters is 3. The van der Waals surface area contributed by atoms with Crippen LogP contribution in [0.4, 0.5) is 0 Å². The Morgan fingerprint density at radius 3 is 2.42 bits per heavy atom. The van der Waals surface area contributed by atoms with E-state index in [0.29, 0.717) is 0 Å². The fourth-order valence-electron chi connectivity index (χ4n) is 3.77. The van der Waals surface area contributed by atoms with Gasteiger partial charge in [-0.1, -0.05) is 6.07 Å². The number of nitrogens with zero attached hydrogens (tertiary/aromatic N) is 1. The van der Waals surface area contributed by atoms with Gasteiger partial charge in [0.2, 0.25) is 11.8 Å². The lowest BCUT2D eigenvalue weighted by Crippen LogP contribution is -2.63. The summed E-state index contributed by atoms with van der Waals surface area (Å²) in [4.78, 5) is 76.4. The number of fused-ring (bicyclic) bond motifs is 1. The van der Waals surface area contributed by atoms with Crippen LogP contribution < -0.4 is 10.6 Å². The lowest BCUT2D eigenvalue weighted by Gasteiger charge is -2.51. The van der Waals surface area contributed by atoms with Crippen LogP contribution in [0.2, 0.25) is 0 Å². The Balaban J connectivity index is 2.04. The Hall–Kier alpha value is -3.39. The molecular formula is C22H25N3O9S2. The maximum Gasteiger partial charge on any atom is 0.328 e. The third-order valence-electron chi connectivity index (χ3n) is 5.40. The molecule has 0 radical (unpaired) electrons. The fourth-order valence-corrected chi connectivity index (χ4v) is 6.31. The third-order valence-corrected chi connectivity index (χ3v) is 7.79. The van der Waals surface area contributed by atoms with Crippen molar-refractivity contribution in [3.8, 4) is 0 Å². The molecule has 0 aliphatic carbocycles. The zero-order valence-electron chi connectivity index (χ0n) is 19.9. The molecule has 2 aliphatic heterocycles. The molecule has 2 N–H and O–H groups in total. The third kappa shape index (κ3) is 5.70. The molecule has 1 aromatic heterocycles. The van der Waals surface area contributed by atoms with E-state index in [4.69, 9.17) is 4.74 Å². The first kappa shape index (κ1) is 27.2. The molecule has 194 valence electrons. The van der Waals surface area contributed by atoms with Gasteiger partial charge in [0.15, 0.2) is 0 Å². The van der Waals surface area contributed by atoms with Crippen LogP contribution in [-0.2, 0) is 43.0 Å². The summed E-state index contributed by atoms with van der Waals surface area (Å²) in [7, 11) is 2.22. The first-order valence-electron chi connectivity index (χ1n) is 10.7. The maximum atomic E-state index is 13.5. The summed E-state index contributed by atoms with van der Waals surface area (Å²) in [5.41, 5.74) is -0.0193. The van der Waals surface area contributed by atoms with Gasteiger partial charge in [-0.05, 0) is 11.4 Å². The van der Waals surface area contributed by atoms with Crippen molar-refractivity contribution in [1.82, 2.24) is 15.5 Å². The second kappa shape index (κ2) is 11.6. The molecule has 3 amide bonds. The summed E-state index contributed by atoms with van der Waals surface area (Å²) in [6.45, 7) is 2.08. The van der Waals surface area contributed by atoms with Crippen molar-refractivity contribution in [3.63, 3.8) is 0 Å². The van der Waals surface area contributed by atoms with Crippen LogP contribution in [0.1, 0.15) is 31.1 Å². The van der Waals surface area contributed by atoms with Crippen molar-refractivity contribution < 1.29 is 43.0 Å². The predicted molar refractivity (Wildman–Crippen MR) is 127 cm³/mol. The van der Waals surface area contributed by atoms with Gasteiger partial charge in [-0.3, -0.25) is 28.9 Å². The first-order valence-corrected chi connectivity index (χ1v) is 12.5. The first-order chi connectivity index (χ1) is 17.1. The Bertz CT molecular complexity index is 1100. The van der Waals surface area contributed by atoms with Gasteiger partial charge < -0.3 is 24.8 Å². The number of rotatable bonds is 9. The van der Waals surface area contributed by atoms with Crippen LogP contribution in [0, 0.1) is 0 Å². The number of ether oxygens (including phenoxy) is 3. The van der Waals surface area contributed by atoms with E-state index in [1.165, 1.54) is 41.8 Å². The van der Waals surface area contributed by atoms with Crippen LogP contribution >= 0.6 is 23.1 Å². The average molecular weight is 540 g/mol. The molecule has 3 heterocycles. The van der Waals surface area contributed by atoms with Crippen LogP contribution in [-0.4, -0.2) is 78.1 Å². The van der Waals surface area contributed by atoms with E-state index in [1.807, 2.05) is 5.38 Å². The van der Waals surface area contributed by atoms with Crippen molar-refractivity contribution in [3.05, 3.63) is 33.7 Å². The number of β-lactam (4-membered cyclic amide) rings is 1. The highest BCUT2D eigenvalue weighted by atomic mass is 32.2. The smallest absolute Gasteiger partial charge is 0.328 e. The summed E-state index contributed by atoms with van der Waals surface area (Å²) in [5, 5.41) is 5.62. The number of nitrogens with one attached hydrogen (secondary N) is 2. The van der Waals surface area contributed by atoms with Gasteiger partial charge in [0.1, 0.15) is 35.0 Å². The molecule has 2 aliphatic rings. The van der Waals surface area contributed by atoms with Crippen molar-refractivity contribution in [2.24, 2.45) is 0 Å². The van der Waals surface area contributed by atoms with Crippen molar-refractivity contribution in [2.45, 2.75) is 43.0 Å². The molecular weight excluding hydrogens is 514 g/mol. The zero-order chi connectivity index (χ0) is 26.6. The number of hydrogen-bond acceptors (Lipinski definition) is 11. The van der Waals surface area contributed by atoms with Gasteiger partial charge in [-0.2, -0.15) is 0 Å². The molecule has 12 nitrogen and oxygen atoms in total. The molecule has 0 saturated carbocycles. The van der Waals surface area contributed by atoms with Crippen LogP contribution in [0.15, 0.2) is 28.8 Å². The Kier molecular flexibility index (Phi) is 8.74. The van der Waals surface area contributed by atoms with Crippen LogP contribution in [0.5, 0.6) is 0 Å². The molecule has 0 bridgehead atoms. The van der Waals surface area contributed by atoms with Crippen LogP contribution in [0.3, 0.4) is 0 Å². The van der Waals surface area contributed by atoms with E-state index in [-0.39, 0.29) is 17.2 Å². The number of methoxy groups -OCH3 is 2. The quantitative estimate of drug-likeness (QED) is 0.253. The van der Waals surface area contributed by atoms with Gasteiger partial charge in [0.25, 0.3) is 5.91 Å². The molecule has 0 aromatic carbocycles. The summed E-state index contributed by atoms with van der Waals surface area (Å²) in [6, 6.07) is 2.20. The van der Waals surface area contributed by atoms with Crippen molar-refractivity contribution in [1.29, 1.82) is 0 Å². The van der Waals surface area contributed by atoms with E-state index in [2.05, 4.69) is 20.1 Å². The number of thiophene rings is 1. The van der Waals surface area contributed by atoms with E-state index in [0.717, 1.165) is 19.1 Å². The zero-order valence-corrected chi connectivity index (χ0v) is 21.5. The predicted octanol–water partition coefficient (Wildman–Crippen LogP) is 0.247. The van der Waals surface area contributed by atoms with Gasteiger partial charge in [-0.25, -0.2) is 4.79 Å². The molecule has 1 saturated heterocycles. The highest BCUT2D eigenvalue weighted by molar-refractivity contribution is 8.00. The Labute approximate surface area is 214 Å². The second-order valence-corrected chi connectivity index (χ2v) is 10.00. The van der Waals surface area contributed by atoms with Crippen LogP contribution in [0.25, 0.3) is 0 Å². The second-order valence-electron chi connectivity index (χ2n) is 7.79. The van der Waals surface area contributed by atoms with Gasteiger partial charge in [-0.15, -0.1) is 23.1 Å². The maximum absolute atomic E-state index is 13.5. The lowest BCUT2D eigenvalue weighted by molar-refractivity contribution is -0.151. The SMILES string of the molecule is COC(=O)CC(NC(=O)C1=C(COC(C)=O)C(NC(C)=O)S[C@@H]2[C@H](c3cccs3)C(=O)N12)C(=O)OC. The summed E-state index contributed by atoms with van der Waals surface area (Å²) in [5.74, 6) is -4.53. The Morgan fingerprint density at radius 2 is 1.86 bits per heavy atom. The van der Waals surface area contributed by atoms with Gasteiger partial charge in [0.05, 0.1) is 20.6 Å². The minimum Gasteiger partial charge on any atom is -0.469 e. The van der Waals surface area contributed by atoms with E-state index in [9.17, 15) is 28.8 Å². The number of amides is 3. The number of thioether (sulfide) groups is 1. The Morgan fingerprint density at radius 1 is 1.14 bits per heavy atom. The van der Waals surface area contributed by atoms with E-state index in [1.54, 1.807) is 12.1 Å². The summed E-state index contributed by atoms with van der Waals surface area (Å²) >= 11 is 2.62. The van der Waals surface area contributed by atoms with E-state index < -0.39 is 65.5 Å².